The van der Waals surface area contributed by atoms with Gasteiger partial charge in [0.15, 0.2) is 0 Å². The Morgan fingerprint density at radius 3 is 2.65 bits per heavy atom. The molecule has 7 heteroatoms. The second-order valence-corrected chi connectivity index (χ2v) is 7.39. The molecule has 0 aliphatic carbocycles. The van der Waals surface area contributed by atoms with Gasteiger partial charge in [-0.1, -0.05) is 11.6 Å². The Morgan fingerprint density at radius 2 is 1.88 bits per heavy atom. The van der Waals surface area contributed by atoms with E-state index in [4.69, 9.17) is 11.6 Å². The second-order valence-electron chi connectivity index (χ2n) is 6.96. The number of nitrogens with zero attached hydrogens (tertiary/aromatic N) is 5. The van der Waals surface area contributed by atoms with Gasteiger partial charge in [0, 0.05) is 42.6 Å². The van der Waals surface area contributed by atoms with Crippen LogP contribution in [0.3, 0.4) is 0 Å². The molecule has 0 unspecified atom stereocenters. The number of anilines is 1. The fourth-order valence-electron chi connectivity index (χ4n) is 3.42. The molecule has 0 spiro atoms. The molecule has 136 valence electrons. The Labute approximate surface area is 158 Å². The average Bonchev–Trinajstić information content (AvgIpc) is 3.04. The minimum absolute atomic E-state index is 0.715. The SMILES string of the molecule is CN(Cc1cnc(N2CCCCC2)nc1)Cc1nc2ccc(Cl)cc2[nH]1. The summed E-state index contributed by atoms with van der Waals surface area (Å²) >= 11 is 6.03. The molecule has 1 fully saturated rings. The van der Waals surface area contributed by atoms with Crippen LogP contribution in [0.15, 0.2) is 30.6 Å². The van der Waals surface area contributed by atoms with E-state index in [2.05, 4.69) is 36.8 Å². The molecule has 26 heavy (non-hydrogen) atoms. The van der Waals surface area contributed by atoms with Gasteiger partial charge in [-0.25, -0.2) is 15.0 Å². The van der Waals surface area contributed by atoms with Gasteiger partial charge in [-0.05, 0) is 44.5 Å². The monoisotopic (exact) mass is 370 g/mol. The number of piperidine rings is 1. The van der Waals surface area contributed by atoms with E-state index in [-0.39, 0.29) is 0 Å². The quantitative estimate of drug-likeness (QED) is 0.743. The minimum atomic E-state index is 0.715. The molecule has 3 aromatic rings. The van der Waals surface area contributed by atoms with E-state index in [1.807, 2.05) is 30.6 Å². The van der Waals surface area contributed by atoms with Crippen molar-refractivity contribution in [1.82, 2.24) is 24.8 Å². The van der Waals surface area contributed by atoms with Crippen LogP contribution in [0, 0.1) is 0 Å². The maximum Gasteiger partial charge on any atom is 0.225 e. The first kappa shape index (κ1) is 17.2. The van der Waals surface area contributed by atoms with E-state index in [0.29, 0.717) is 5.02 Å². The highest BCUT2D eigenvalue weighted by Crippen LogP contribution is 2.18. The lowest BCUT2D eigenvalue weighted by atomic mass is 10.1. The molecule has 1 saturated heterocycles. The third-order valence-electron chi connectivity index (χ3n) is 4.70. The number of halogens is 1. The third-order valence-corrected chi connectivity index (χ3v) is 4.93. The van der Waals surface area contributed by atoms with E-state index in [9.17, 15) is 0 Å². The van der Waals surface area contributed by atoms with E-state index >= 15 is 0 Å². The van der Waals surface area contributed by atoms with E-state index in [1.54, 1.807) is 0 Å². The van der Waals surface area contributed by atoms with Crippen LogP contribution >= 0.6 is 11.6 Å². The van der Waals surface area contributed by atoms with Gasteiger partial charge in [0.25, 0.3) is 0 Å². The van der Waals surface area contributed by atoms with Crippen molar-refractivity contribution in [3.8, 4) is 0 Å². The van der Waals surface area contributed by atoms with E-state index in [1.165, 1.54) is 19.3 Å². The van der Waals surface area contributed by atoms with E-state index < -0.39 is 0 Å². The zero-order valence-corrected chi connectivity index (χ0v) is 15.7. The summed E-state index contributed by atoms with van der Waals surface area (Å²) in [7, 11) is 2.07. The number of rotatable bonds is 5. The maximum absolute atomic E-state index is 6.03. The molecule has 0 atom stereocenters. The Kier molecular flexibility index (Phi) is 5.04. The Hall–Kier alpha value is -2.18. The minimum Gasteiger partial charge on any atom is -0.341 e. The predicted octanol–water partition coefficient (Wildman–Crippen LogP) is 3.63. The summed E-state index contributed by atoms with van der Waals surface area (Å²) in [5, 5.41) is 0.715. The summed E-state index contributed by atoms with van der Waals surface area (Å²) in [6, 6.07) is 5.70. The summed E-state index contributed by atoms with van der Waals surface area (Å²) in [5.74, 6) is 1.78. The number of aromatic amines is 1. The number of hydrogen-bond donors (Lipinski definition) is 1. The fraction of sp³-hybridized carbons (Fsp3) is 0.421. The maximum atomic E-state index is 6.03. The van der Waals surface area contributed by atoms with Gasteiger partial charge in [0.2, 0.25) is 5.95 Å². The van der Waals surface area contributed by atoms with E-state index in [0.717, 1.165) is 54.5 Å². The molecule has 0 radical (unpaired) electrons. The van der Waals surface area contributed by atoms with Gasteiger partial charge < -0.3 is 9.88 Å². The normalized spacial score (nSPS) is 15.1. The fourth-order valence-corrected chi connectivity index (χ4v) is 3.59. The van der Waals surface area contributed by atoms with Crippen LogP contribution in [0.1, 0.15) is 30.7 Å². The second kappa shape index (κ2) is 7.60. The molecule has 1 aliphatic rings. The van der Waals surface area contributed by atoms with Crippen molar-refractivity contribution in [1.29, 1.82) is 0 Å². The highest BCUT2D eigenvalue weighted by Gasteiger charge is 2.13. The average molecular weight is 371 g/mol. The van der Waals surface area contributed by atoms with Crippen LogP contribution in [-0.4, -0.2) is 45.0 Å². The van der Waals surface area contributed by atoms with Crippen molar-refractivity contribution in [2.24, 2.45) is 0 Å². The first-order valence-corrected chi connectivity index (χ1v) is 9.44. The number of hydrogen-bond acceptors (Lipinski definition) is 5. The molecule has 1 aromatic carbocycles. The first-order chi connectivity index (χ1) is 12.7. The number of imidazole rings is 1. The zero-order valence-electron chi connectivity index (χ0n) is 15.0. The zero-order chi connectivity index (χ0) is 17.9. The van der Waals surface area contributed by atoms with Crippen LogP contribution in [-0.2, 0) is 13.1 Å². The van der Waals surface area contributed by atoms with Crippen molar-refractivity contribution in [3.63, 3.8) is 0 Å². The van der Waals surface area contributed by atoms with Gasteiger partial charge >= 0.3 is 0 Å². The smallest absolute Gasteiger partial charge is 0.225 e. The third kappa shape index (κ3) is 3.97. The number of benzene rings is 1. The summed E-state index contributed by atoms with van der Waals surface area (Å²) in [6.45, 7) is 3.63. The molecule has 2 aromatic heterocycles. The van der Waals surface area contributed by atoms with Gasteiger partial charge in [0.05, 0.1) is 17.6 Å². The number of nitrogens with one attached hydrogen (secondary N) is 1. The van der Waals surface area contributed by atoms with Gasteiger partial charge in [-0.2, -0.15) is 0 Å². The molecule has 4 rings (SSSR count). The summed E-state index contributed by atoms with van der Waals surface area (Å²) in [6.07, 6.45) is 7.65. The molecular formula is C19H23ClN6. The molecule has 6 nitrogen and oxygen atoms in total. The molecule has 1 aliphatic heterocycles. The van der Waals surface area contributed by atoms with Crippen LogP contribution in [0.2, 0.25) is 5.02 Å². The highest BCUT2D eigenvalue weighted by molar-refractivity contribution is 6.31. The lowest BCUT2D eigenvalue weighted by molar-refractivity contribution is 0.311. The molecule has 1 N–H and O–H groups in total. The first-order valence-electron chi connectivity index (χ1n) is 9.06. The lowest BCUT2D eigenvalue weighted by Crippen LogP contribution is -2.31. The molecule has 0 bridgehead atoms. The number of aromatic nitrogens is 4. The van der Waals surface area contributed by atoms with Gasteiger partial charge in [0.1, 0.15) is 5.82 Å². The Balaban J connectivity index is 1.38. The van der Waals surface area contributed by atoms with Crippen molar-refractivity contribution in [3.05, 3.63) is 47.0 Å². The van der Waals surface area contributed by atoms with Crippen LogP contribution in [0.4, 0.5) is 5.95 Å². The Morgan fingerprint density at radius 1 is 1.12 bits per heavy atom. The molecule has 0 saturated carbocycles. The molecule has 0 amide bonds. The Bertz CT molecular complexity index is 869. The standard InChI is InChI=1S/C19H23ClN6/c1-25(13-18-23-16-6-5-15(20)9-17(16)24-18)12-14-10-21-19(22-11-14)26-7-3-2-4-8-26/h5-6,9-11H,2-4,7-8,12-13H2,1H3,(H,23,24). The van der Waals surface area contributed by atoms with Crippen molar-refractivity contribution >= 4 is 28.6 Å². The number of fused-ring (bicyclic) bond motifs is 1. The summed E-state index contributed by atoms with van der Waals surface area (Å²) in [4.78, 5) is 21.5. The highest BCUT2D eigenvalue weighted by atomic mass is 35.5. The van der Waals surface area contributed by atoms with Crippen LogP contribution in [0.5, 0.6) is 0 Å². The van der Waals surface area contributed by atoms with Crippen LogP contribution in [0.25, 0.3) is 11.0 Å². The van der Waals surface area contributed by atoms with Gasteiger partial charge in [-0.15, -0.1) is 0 Å². The predicted molar refractivity (Wildman–Crippen MR) is 104 cm³/mol. The molecule has 3 heterocycles. The number of H-pyrrole nitrogens is 1. The van der Waals surface area contributed by atoms with Gasteiger partial charge in [-0.3, -0.25) is 4.90 Å². The topological polar surface area (TPSA) is 60.9 Å². The molecular weight excluding hydrogens is 348 g/mol. The summed E-state index contributed by atoms with van der Waals surface area (Å²) < 4.78 is 0. The summed E-state index contributed by atoms with van der Waals surface area (Å²) in [5.41, 5.74) is 3.01. The van der Waals surface area contributed by atoms with Crippen molar-refractivity contribution in [2.45, 2.75) is 32.4 Å². The lowest BCUT2D eigenvalue weighted by Gasteiger charge is -2.26. The largest absolute Gasteiger partial charge is 0.341 e. The van der Waals surface area contributed by atoms with Crippen molar-refractivity contribution in [2.75, 3.05) is 25.0 Å². The van der Waals surface area contributed by atoms with Crippen LogP contribution < -0.4 is 4.90 Å². The van der Waals surface area contributed by atoms with Crippen molar-refractivity contribution < 1.29 is 0 Å².